The lowest BCUT2D eigenvalue weighted by molar-refractivity contribution is -0.111. The van der Waals surface area contributed by atoms with E-state index in [1.807, 2.05) is 0 Å². The van der Waals surface area contributed by atoms with E-state index in [-0.39, 0.29) is 0 Å². The summed E-state index contributed by atoms with van der Waals surface area (Å²) in [5.41, 5.74) is 0. The van der Waals surface area contributed by atoms with Crippen LogP contribution in [0.4, 0.5) is 0 Å². The van der Waals surface area contributed by atoms with Crippen LogP contribution in [-0.4, -0.2) is 6.29 Å². The van der Waals surface area contributed by atoms with Gasteiger partial charge < -0.3 is 4.79 Å². The normalized spacial score (nSPS) is 24.5. The van der Waals surface area contributed by atoms with Crippen LogP contribution in [0.3, 0.4) is 0 Å². The molecule has 0 atom stereocenters. The van der Waals surface area contributed by atoms with Gasteiger partial charge in [0.05, 0.1) is 0 Å². The Morgan fingerprint density at radius 3 is 1.65 bits per heavy atom. The van der Waals surface area contributed by atoms with Gasteiger partial charge in [0.1, 0.15) is 6.29 Å². The summed E-state index contributed by atoms with van der Waals surface area (Å²) < 4.78 is 0. The quantitative estimate of drug-likeness (QED) is 0.460. The maximum Gasteiger partial charge on any atom is 0.123 e. The average molecular weight is 236 g/mol. The van der Waals surface area contributed by atoms with Gasteiger partial charge in [-0.1, -0.05) is 50.7 Å². The van der Waals surface area contributed by atoms with Crippen LogP contribution in [0.5, 0.6) is 0 Å². The van der Waals surface area contributed by atoms with E-state index >= 15 is 0 Å². The van der Waals surface area contributed by atoms with Crippen molar-refractivity contribution in [3.05, 3.63) is 12.2 Å². The molecule has 0 N–H and O–H groups in total. The van der Waals surface area contributed by atoms with E-state index in [9.17, 15) is 4.79 Å². The SMILES string of the molecule is O=CC1CCCCCC/C=C/CCCCCC1. The van der Waals surface area contributed by atoms with Crippen molar-refractivity contribution in [1.82, 2.24) is 0 Å². The van der Waals surface area contributed by atoms with Crippen molar-refractivity contribution >= 4 is 6.29 Å². The second kappa shape index (κ2) is 10.6. The predicted octanol–water partition coefficient (Wildman–Crippen LogP) is 5.05. The fourth-order valence-electron chi connectivity index (χ4n) is 2.56. The maximum absolute atomic E-state index is 10.9. The van der Waals surface area contributed by atoms with Gasteiger partial charge in [-0.25, -0.2) is 0 Å². The number of carbonyl (C=O) groups excluding carboxylic acids is 1. The van der Waals surface area contributed by atoms with Gasteiger partial charge in [-0.05, 0) is 38.5 Å². The molecule has 0 bridgehead atoms. The molecule has 0 unspecified atom stereocenters. The molecule has 1 aliphatic rings. The second-order valence-electron chi connectivity index (χ2n) is 5.35. The highest BCUT2D eigenvalue weighted by Gasteiger charge is 2.06. The largest absolute Gasteiger partial charge is 0.303 e. The zero-order chi connectivity index (χ0) is 12.2. The van der Waals surface area contributed by atoms with Crippen LogP contribution in [0, 0.1) is 5.92 Å². The third-order valence-corrected chi connectivity index (χ3v) is 3.75. The molecule has 0 aromatic heterocycles. The first-order valence-corrected chi connectivity index (χ1v) is 7.54. The molecular weight excluding hydrogens is 208 g/mol. The van der Waals surface area contributed by atoms with Crippen LogP contribution >= 0.6 is 0 Å². The minimum atomic E-state index is 0.346. The summed E-state index contributed by atoms with van der Waals surface area (Å²) in [4.78, 5) is 10.9. The monoisotopic (exact) mass is 236 g/mol. The summed E-state index contributed by atoms with van der Waals surface area (Å²) >= 11 is 0. The molecule has 0 saturated heterocycles. The first-order valence-electron chi connectivity index (χ1n) is 7.54. The van der Waals surface area contributed by atoms with Crippen molar-refractivity contribution in [3.8, 4) is 0 Å². The topological polar surface area (TPSA) is 17.1 Å². The summed E-state index contributed by atoms with van der Waals surface area (Å²) in [5.74, 6) is 0.346. The van der Waals surface area contributed by atoms with Gasteiger partial charge in [-0.15, -0.1) is 0 Å². The first kappa shape index (κ1) is 14.5. The highest BCUT2D eigenvalue weighted by molar-refractivity contribution is 5.53. The molecule has 0 aromatic rings. The lowest BCUT2D eigenvalue weighted by Crippen LogP contribution is -2.02. The number of rotatable bonds is 1. The van der Waals surface area contributed by atoms with E-state index in [2.05, 4.69) is 12.2 Å². The maximum atomic E-state index is 10.9. The zero-order valence-corrected chi connectivity index (χ0v) is 11.2. The number of hydrogen-bond donors (Lipinski definition) is 0. The summed E-state index contributed by atoms with van der Waals surface area (Å²) in [6.45, 7) is 0. The fourth-order valence-corrected chi connectivity index (χ4v) is 2.56. The summed E-state index contributed by atoms with van der Waals surface area (Å²) in [6.07, 6.45) is 21.0. The van der Waals surface area contributed by atoms with Crippen molar-refractivity contribution in [2.75, 3.05) is 0 Å². The molecule has 17 heavy (non-hydrogen) atoms. The van der Waals surface area contributed by atoms with Crippen LogP contribution in [0.15, 0.2) is 12.2 Å². The molecule has 0 fully saturated rings. The van der Waals surface area contributed by atoms with Crippen LogP contribution < -0.4 is 0 Å². The van der Waals surface area contributed by atoms with Crippen molar-refractivity contribution in [1.29, 1.82) is 0 Å². The molecule has 1 heteroatoms. The molecule has 0 aromatic carbocycles. The molecule has 1 rings (SSSR count). The first-order chi connectivity index (χ1) is 8.43. The van der Waals surface area contributed by atoms with Crippen LogP contribution in [0.2, 0.25) is 0 Å². The van der Waals surface area contributed by atoms with Gasteiger partial charge in [-0.2, -0.15) is 0 Å². The third kappa shape index (κ3) is 8.18. The van der Waals surface area contributed by atoms with Crippen molar-refractivity contribution in [3.63, 3.8) is 0 Å². The van der Waals surface area contributed by atoms with E-state index in [1.54, 1.807) is 0 Å². The summed E-state index contributed by atoms with van der Waals surface area (Å²) in [6, 6.07) is 0. The zero-order valence-electron chi connectivity index (χ0n) is 11.2. The minimum absolute atomic E-state index is 0.346. The van der Waals surface area contributed by atoms with Crippen LogP contribution in [0.25, 0.3) is 0 Å². The van der Waals surface area contributed by atoms with Crippen molar-refractivity contribution in [2.45, 2.75) is 77.0 Å². The van der Waals surface area contributed by atoms with E-state index < -0.39 is 0 Å². The average Bonchev–Trinajstić information content (AvgIpc) is 2.36. The lowest BCUT2D eigenvalue weighted by atomic mass is 9.96. The highest BCUT2D eigenvalue weighted by Crippen LogP contribution is 2.17. The predicted molar refractivity (Wildman–Crippen MR) is 74.1 cm³/mol. The number of hydrogen-bond acceptors (Lipinski definition) is 1. The molecule has 1 nitrogen and oxygen atoms in total. The molecule has 0 aliphatic heterocycles. The Balaban J connectivity index is 2.24. The smallest absolute Gasteiger partial charge is 0.123 e. The van der Waals surface area contributed by atoms with Gasteiger partial charge in [0.2, 0.25) is 0 Å². The van der Waals surface area contributed by atoms with E-state index in [0.717, 1.165) is 12.8 Å². The molecule has 0 heterocycles. The van der Waals surface area contributed by atoms with Crippen molar-refractivity contribution < 1.29 is 4.79 Å². The van der Waals surface area contributed by atoms with Crippen molar-refractivity contribution in [2.24, 2.45) is 5.92 Å². The Labute approximate surface area is 107 Å². The summed E-state index contributed by atoms with van der Waals surface area (Å²) in [5, 5.41) is 0. The number of aldehydes is 1. The number of allylic oxidation sites excluding steroid dienone is 2. The van der Waals surface area contributed by atoms with E-state index in [1.165, 1.54) is 70.5 Å². The Kier molecular flexibility index (Phi) is 8.99. The third-order valence-electron chi connectivity index (χ3n) is 3.75. The molecule has 0 amide bonds. The standard InChI is InChI=1S/C16H28O/c17-15-16-13-11-9-7-5-3-1-2-4-6-8-10-12-14-16/h1-2,15-16H,3-14H2/b2-1+. The number of carbonyl (C=O) groups is 1. The Bertz CT molecular complexity index is 190. The van der Waals surface area contributed by atoms with Crippen LogP contribution in [0.1, 0.15) is 77.0 Å². The molecule has 0 spiro atoms. The van der Waals surface area contributed by atoms with Crippen LogP contribution in [-0.2, 0) is 4.79 Å². The Hall–Kier alpha value is -0.590. The van der Waals surface area contributed by atoms with Gasteiger partial charge in [0, 0.05) is 5.92 Å². The minimum Gasteiger partial charge on any atom is -0.303 e. The van der Waals surface area contributed by atoms with E-state index in [0.29, 0.717) is 5.92 Å². The Morgan fingerprint density at radius 1 is 0.706 bits per heavy atom. The molecule has 0 radical (unpaired) electrons. The van der Waals surface area contributed by atoms with Gasteiger partial charge in [0.15, 0.2) is 0 Å². The molecule has 1 aliphatic carbocycles. The van der Waals surface area contributed by atoms with E-state index in [4.69, 9.17) is 0 Å². The Morgan fingerprint density at radius 2 is 1.18 bits per heavy atom. The molecule has 0 saturated carbocycles. The second-order valence-corrected chi connectivity index (χ2v) is 5.35. The summed E-state index contributed by atoms with van der Waals surface area (Å²) in [7, 11) is 0. The highest BCUT2D eigenvalue weighted by atomic mass is 16.1. The fraction of sp³-hybridized carbons (Fsp3) is 0.812. The molecule has 98 valence electrons. The van der Waals surface area contributed by atoms with Gasteiger partial charge >= 0.3 is 0 Å². The lowest BCUT2D eigenvalue weighted by Gasteiger charge is -2.09. The molecular formula is C16H28O. The van der Waals surface area contributed by atoms with Gasteiger partial charge in [-0.3, -0.25) is 0 Å². The van der Waals surface area contributed by atoms with Gasteiger partial charge in [0.25, 0.3) is 0 Å².